The molecule has 114 valence electrons. The summed E-state index contributed by atoms with van der Waals surface area (Å²) in [5, 5.41) is 10.8. The average molecular weight is 333 g/mol. The van der Waals surface area contributed by atoms with Crippen molar-refractivity contribution in [2.24, 2.45) is 0 Å². The SMILES string of the molecule is C=S1N[C@H](c2cc(-c3ccc(C#N)c(F)c3)cs2)CCN1C. The van der Waals surface area contributed by atoms with E-state index in [1.165, 1.54) is 17.0 Å². The number of hydrogen-bond acceptors (Lipinski definition) is 4. The van der Waals surface area contributed by atoms with E-state index in [4.69, 9.17) is 5.26 Å². The summed E-state index contributed by atoms with van der Waals surface area (Å²) >= 11 is 1.68. The Kier molecular flexibility index (Phi) is 4.41. The van der Waals surface area contributed by atoms with E-state index in [-0.39, 0.29) is 16.4 Å². The number of thiophene rings is 1. The molecule has 0 saturated carbocycles. The van der Waals surface area contributed by atoms with Gasteiger partial charge in [-0.1, -0.05) is 16.9 Å². The van der Waals surface area contributed by atoms with Crippen LogP contribution < -0.4 is 4.72 Å². The fraction of sp³-hybridized carbons (Fsp3) is 0.250. The van der Waals surface area contributed by atoms with Gasteiger partial charge in [-0.2, -0.15) is 5.26 Å². The first-order chi connectivity index (χ1) is 10.6. The molecule has 2 aromatic rings. The van der Waals surface area contributed by atoms with Gasteiger partial charge in [0.15, 0.2) is 0 Å². The Morgan fingerprint density at radius 2 is 2.27 bits per heavy atom. The van der Waals surface area contributed by atoms with Gasteiger partial charge in [0, 0.05) is 11.4 Å². The third kappa shape index (κ3) is 2.99. The molecule has 0 radical (unpaired) electrons. The number of rotatable bonds is 2. The van der Waals surface area contributed by atoms with Gasteiger partial charge in [-0.05, 0) is 54.0 Å². The first-order valence-electron chi connectivity index (χ1n) is 6.88. The second kappa shape index (κ2) is 6.31. The molecule has 2 atom stereocenters. The Hall–Kier alpha value is -1.52. The largest absolute Gasteiger partial charge is 0.249 e. The summed E-state index contributed by atoms with van der Waals surface area (Å²) in [6.07, 6.45) is 1.04. The molecule has 1 aromatic carbocycles. The fourth-order valence-electron chi connectivity index (χ4n) is 2.41. The number of nitriles is 1. The van der Waals surface area contributed by atoms with Gasteiger partial charge >= 0.3 is 0 Å². The highest BCUT2D eigenvalue weighted by atomic mass is 32.2. The summed E-state index contributed by atoms with van der Waals surface area (Å²) in [7, 11) is 1.90. The molecular formula is C16H16FN3S2. The van der Waals surface area contributed by atoms with Crippen LogP contribution in [-0.4, -0.2) is 23.8 Å². The molecule has 22 heavy (non-hydrogen) atoms. The molecule has 0 bridgehead atoms. The highest BCUT2D eigenvalue weighted by molar-refractivity contribution is 8.10. The molecule has 0 aliphatic carbocycles. The Bertz CT molecular complexity index is 763. The zero-order valence-corrected chi connectivity index (χ0v) is 13.8. The second-order valence-electron chi connectivity index (χ2n) is 5.22. The minimum Gasteiger partial charge on any atom is -0.249 e. The molecular weight excluding hydrogens is 317 g/mol. The van der Waals surface area contributed by atoms with Crippen LogP contribution in [0.15, 0.2) is 29.6 Å². The maximum atomic E-state index is 13.7. The molecule has 1 aromatic heterocycles. The molecule has 0 spiro atoms. The Labute approximate surface area is 136 Å². The summed E-state index contributed by atoms with van der Waals surface area (Å²) in [5.74, 6) is 3.65. The summed E-state index contributed by atoms with van der Waals surface area (Å²) in [6.45, 7) is 1.02. The quantitative estimate of drug-likeness (QED) is 0.847. The van der Waals surface area contributed by atoms with Crippen molar-refractivity contribution in [1.29, 1.82) is 5.26 Å². The van der Waals surface area contributed by atoms with E-state index in [2.05, 4.69) is 28.0 Å². The first-order valence-corrected chi connectivity index (χ1v) is 9.11. The monoisotopic (exact) mass is 333 g/mol. The number of nitrogens with one attached hydrogen (secondary N) is 1. The average Bonchev–Trinajstić information content (AvgIpc) is 3.00. The van der Waals surface area contributed by atoms with Gasteiger partial charge in [0.1, 0.15) is 11.9 Å². The summed E-state index contributed by atoms with van der Waals surface area (Å²) in [6, 6.07) is 9.01. The van der Waals surface area contributed by atoms with E-state index in [1.807, 2.05) is 11.4 Å². The lowest BCUT2D eigenvalue weighted by molar-refractivity contribution is 0.450. The predicted octanol–water partition coefficient (Wildman–Crippen LogP) is 3.92. The van der Waals surface area contributed by atoms with Gasteiger partial charge in [-0.25, -0.2) is 13.4 Å². The van der Waals surface area contributed by atoms with Crippen molar-refractivity contribution in [3.8, 4) is 17.2 Å². The molecule has 0 amide bonds. The van der Waals surface area contributed by atoms with Crippen LogP contribution in [0.3, 0.4) is 0 Å². The van der Waals surface area contributed by atoms with Crippen molar-refractivity contribution in [1.82, 2.24) is 9.03 Å². The maximum absolute atomic E-state index is 13.7. The molecule has 3 rings (SSSR count). The van der Waals surface area contributed by atoms with Crippen LogP contribution in [0.5, 0.6) is 0 Å². The van der Waals surface area contributed by atoms with Crippen molar-refractivity contribution >= 4 is 28.1 Å². The minimum atomic E-state index is -0.468. The highest BCUT2D eigenvalue weighted by Crippen LogP contribution is 2.35. The molecule has 2 heterocycles. The third-order valence-corrected chi connectivity index (χ3v) is 6.31. The van der Waals surface area contributed by atoms with E-state index in [0.29, 0.717) is 6.04 Å². The Balaban J connectivity index is 1.84. The minimum absolute atomic E-state index is 0.0808. The Morgan fingerprint density at radius 3 is 2.95 bits per heavy atom. The van der Waals surface area contributed by atoms with Crippen molar-refractivity contribution in [2.75, 3.05) is 13.6 Å². The van der Waals surface area contributed by atoms with Crippen LogP contribution in [0.2, 0.25) is 0 Å². The number of nitrogens with zero attached hydrogens (tertiary/aromatic N) is 2. The van der Waals surface area contributed by atoms with Crippen molar-refractivity contribution in [3.63, 3.8) is 0 Å². The van der Waals surface area contributed by atoms with Gasteiger partial charge in [0.25, 0.3) is 0 Å². The van der Waals surface area contributed by atoms with Gasteiger partial charge < -0.3 is 0 Å². The van der Waals surface area contributed by atoms with Crippen LogP contribution in [0.25, 0.3) is 11.1 Å². The van der Waals surface area contributed by atoms with Crippen molar-refractivity contribution in [3.05, 3.63) is 45.9 Å². The lowest BCUT2D eigenvalue weighted by Gasteiger charge is -2.32. The lowest BCUT2D eigenvalue weighted by atomic mass is 10.0. The van der Waals surface area contributed by atoms with Crippen LogP contribution in [0.1, 0.15) is 22.9 Å². The third-order valence-electron chi connectivity index (χ3n) is 3.77. The topological polar surface area (TPSA) is 39.1 Å². The zero-order chi connectivity index (χ0) is 15.7. The standard InChI is InChI=1S/C16H16FN3S2/c1-20-6-5-15(19-22(20)2)16-8-13(10-21-16)11-3-4-12(9-18)14(17)7-11/h3-4,7-8,10,15,19H,2,5-6H2,1H3/t15-,22?/m0/s1. The van der Waals surface area contributed by atoms with E-state index in [9.17, 15) is 4.39 Å². The second-order valence-corrected chi connectivity index (χ2v) is 7.75. The van der Waals surface area contributed by atoms with Crippen LogP contribution in [0.4, 0.5) is 4.39 Å². The normalized spacial score (nSPS) is 22.4. The molecule has 6 heteroatoms. The molecule has 1 saturated heterocycles. The smallest absolute Gasteiger partial charge is 0.141 e. The maximum Gasteiger partial charge on any atom is 0.141 e. The molecule has 3 nitrogen and oxygen atoms in total. The van der Waals surface area contributed by atoms with Crippen molar-refractivity contribution < 1.29 is 4.39 Å². The first kappa shape index (κ1) is 15.4. The van der Waals surface area contributed by atoms with Gasteiger partial charge in [0.2, 0.25) is 0 Å². The molecule has 1 aliphatic heterocycles. The summed E-state index contributed by atoms with van der Waals surface area (Å²) in [5.41, 5.74) is 1.88. The van der Waals surface area contributed by atoms with Crippen LogP contribution in [-0.2, 0) is 0 Å². The van der Waals surface area contributed by atoms with Gasteiger partial charge in [-0.3, -0.25) is 0 Å². The molecule has 1 aliphatic rings. The van der Waals surface area contributed by atoms with Gasteiger partial charge in [-0.15, -0.1) is 11.3 Å². The summed E-state index contributed by atoms with van der Waals surface area (Å²) in [4.78, 5) is 1.24. The molecule has 1 unspecified atom stereocenters. The number of hydrogen-bond donors (Lipinski definition) is 1. The fourth-order valence-corrected chi connectivity index (χ4v) is 4.56. The van der Waals surface area contributed by atoms with Crippen LogP contribution in [0, 0.1) is 17.1 Å². The van der Waals surface area contributed by atoms with E-state index in [1.54, 1.807) is 17.4 Å². The van der Waals surface area contributed by atoms with E-state index >= 15 is 0 Å². The number of halogens is 1. The zero-order valence-electron chi connectivity index (χ0n) is 12.2. The Morgan fingerprint density at radius 1 is 1.45 bits per heavy atom. The van der Waals surface area contributed by atoms with Crippen molar-refractivity contribution in [2.45, 2.75) is 12.5 Å². The number of benzene rings is 1. The highest BCUT2D eigenvalue weighted by Gasteiger charge is 2.21. The molecule has 1 fully saturated rings. The van der Waals surface area contributed by atoms with E-state index in [0.717, 1.165) is 24.1 Å². The van der Waals surface area contributed by atoms with Crippen LogP contribution >= 0.6 is 22.2 Å². The lowest BCUT2D eigenvalue weighted by Crippen LogP contribution is -2.32. The predicted molar refractivity (Wildman–Crippen MR) is 92.3 cm³/mol. The van der Waals surface area contributed by atoms with Gasteiger partial charge in [0.05, 0.1) is 11.6 Å². The summed E-state index contributed by atoms with van der Waals surface area (Å²) < 4.78 is 19.5. The molecule has 1 N–H and O–H groups in total. The van der Waals surface area contributed by atoms with E-state index < -0.39 is 5.82 Å².